The molecule has 1 radical (unpaired) electrons. The van der Waals surface area contributed by atoms with Crippen molar-refractivity contribution in [3.63, 3.8) is 0 Å². The molecular formula is C12H25. The van der Waals surface area contributed by atoms with Crippen LogP contribution in [0.2, 0.25) is 0 Å². The number of hydrogen-bond donors (Lipinski definition) is 0. The van der Waals surface area contributed by atoms with Crippen LogP contribution < -0.4 is 0 Å². The van der Waals surface area contributed by atoms with Crippen LogP contribution in [0.3, 0.4) is 0 Å². The molecule has 0 rings (SSSR count). The van der Waals surface area contributed by atoms with Crippen molar-refractivity contribution in [3.05, 3.63) is 6.92 Å². The molecule has 12 heavy (non-hydrogen) atoms. The molecule has 0 bridgehead atoms. The lowest BCUT2D eigenvalue weighted by Crippen LogP contribution is -2.08. The van der Waals surface area contributed by atoms with E-state index in [1.807, 2.05) is 0 Å². The SMILES string of the molecule is [CH2]C(C)CC(CC)CC(C)CC. The van der Waals surface area contributed by atoms with Crippen molar-refractivity contribution in [2.75, 3.05) is 0 Å². The predicted molar refractivity (Wildman–Crippen MR) is 57.0 cm³/mol. The van der Waals surface area contributed by atoms with Gasteiger partial charge in [0.1, 0.15) is 0 Å². The first-order valence-electron chi connectivity index (χ1n) is 5.43. The van der Waals surface area contributed by atoms with Gasteiger partial charge in [0.05, 0.1) is 0 Å². The maximum absolute atomic E-state index is 4.06. The van der Waals surface area contributed by atoms with Crippen LogP contribution in [0.15, 0.2) is 0 Å². The Morgan fingerprint density at radius 3 is 1.92 bits per heavy atom. The van der Waals surface area contributed by atoms with Crippen molar-refractivity contribution in [1.29, 1.82) is 0 Å². The van der Waals surface area contributed by atoms with E-state index in [9.17, 15) is 0 Å². The van der Waals surface area contributed by atoms with Gasteiger partial charge in [-0.3, -0.25) is 0 Å². The molecule has 0 saturated heterocycles. The second-order valence-corrected chi connectivity index (χ2v) is 4.36. The molecule has 0 saturated carbocycles. The van der Waals surface area contributed by atoms with Gasteiger partial charge in [0, 0.05) is 0 Å². The Bertz CT molecular complexity index is 94.2. The smallest absolute Gasteiger partial charge is 0.0412 e. The maximum atomic E-state index is 4.06. The van der Waals surface area contributed by atoms with Crippen molar-refractivity contribution in [2.24, 2.45) is 17.8 Å². The minimum atomic E-state index is 0.624. The first kappa shape index (κ1) is 12.0. The molecule has 0 aliphatic heterocycles. The van der Waals surface area contributed by atoms with Crippen molar-refractivity contribution >= 4 is 0 Å². The molecule has 0 aromatic rings. The van der Waals surface area contributed by atoms with Crippen molar-refractivity contribution in [2.45, 2.75) is 53.4 Å². The summed E-state index contributed by atoms with van der Waals surface area (Å²) in [7, 11) is 0. The van der Waals surface area contributed by atoms with Crippen LogP contribution in [0.1, 0.15) is 53.4 Å². The molecule has 3 unspecified atom stereocenters. The topological polar surface area (TPSA) is 0 Å². The predicted octanol–water partition coefficient (Wildman–Crippen LogP) is 4.31. The van der Waals surface area contributed by atoms with Gasteiger partial charge in [-0.05, 0) is 30.6 Å². The maximum Gasteiger partial charge on any atom is -0.0412 e. The summed E-state index contributed by atoms with van der Waals surface area (Å²) in [6.07, 6.45) is 5.35. The first-order chi connectivity index (χ1) is 5.60. The van der Waals surface area contributed by atoms with E-state index < -0.39 is 0 Å². The van der Waals surface area contributed by atoms with E-state index in [0.717, 1.165) is 11.8 Å². The third-order valence-electron chi connectivity index (χ3n) is 2.75. The molecule has 0 amide bonds. The Balaban J connectivity index is 3.66. The highest BCUT2D eigenvalue weighted by Gasteiger charge is 2.11. The van der Waals surface area contributed by atoms with Gasteiger partial charge in [0.25, 0.3) is 0 Å². The Kier molecular flexibility index (Phi) is 6.51. The summed E-state index contributed by atoms with van der Waals surface area (Å²) in [5, 5.41) is 0. The highest BCUT2D eigenvalue weighted by Crippen LogP contribution is 2.23. The first-order valence-corrected chi connectivity index (χ1v) is 5.43. The number of rotatable bonds is 6. The fourth-order valence-electron chi connectivity index (χ4n) is 1.73. The summed E-state index contributed by atoms with van der Waals surface area (Å²) < 4.78 is 0. The Morgan fingerprint density at radius 1 is 1.00 bits per heavy atom. The quantitative estimate of drug-likeness (QED) is 0.556. The zero-order valence-corrected chi connectivity index (χ0v) is 9.27. The molecule has 0 N–H and O–H groups in total. The third-order valence-corrected chi connectivity index (χ3v) is 2.75. The summed E-state index contributed by atoms with van der Waals surface area (Å²) >= 11 is 0. The summed E-state index contributed by atoms with van der Waals surface area (Å²) in [4.78, 5) is 0. The zero-order valence-electron chi connectivity index (χ0n) is 9.27. The van der Waals surface area contributed by atoms with Gasteiger partial charge in [-0.1, -0.05) is 47.5 Å². The molecule has 73 valence electrons. The molecule has 0 heterocycles. The van der Waals surface area contributed by atoms with Gasteiger partial charge in [0.15, 0.2) is 0 Å². The number of hydrogen-bond acceptors (Lipinski definition) is 0. The van der Waals surface area contributed by atoms with Gasteiger partial charge < -0.3 is 0 Å². The average molecular weight is 169 g/mol. The van der Waals surface area contributed by atoms with Gasteiger partial charge in [-0.25, -0.2) is 0 Å². The lowest BCUT2D eigenvalue weighted by Gasteiger charge is -2.20. The monoisotopic (exact) mass is 169 g/mol. The fraction of sp³-hybridized carbons (Fsp3) is 0.917. The molecule has 0 spiro atoms. The van der Waals surface area contributed by atoms with E-state index in [1.54, 1.807) is 0 Å². The molecule has 3 atom stereocenters. The molecule has 0 aliphatic rings. The van der Waals surface area contributed by atoms with Crippen molar-refractivity contribution < 1.29 is 0 Å². The second kappa shape index (κ2) is 6.51. The van der Waals surface area contributed by atoms with E-state index >= 15 is 0 Å². The Labute approximate surface area is 78.8 Å². The van der Waals surface area contributed by atoms with Crippen molar-refractivity contribution in [1.82, 2.24) is 0 Å². The molecule has 0 aliphatic carbocycles. The van der Waals surface area contributed by atoms with Crippen LogP contribution in [0, 0.1) is 24.7 Å². The largest absolute Gasteiger partial charge is 0.0651 e. The van der Waals surface area contributed by atoms with Crippen LogP contribution in [-0.2, 0) is 0 Å². The Morgan fingerprint density at radius 2 is 1.58 bits per heavy atom. The lowest BCUT2D eigenvalue weighted by atomic mass is 9.86. The molecule has 0 nitrogen and oxygen atoms in total. The minimum absolute atomic E-state index is 0.624. The minimum Gasteiger partial charge on any atom is -0.0651 e. The standard InChI is InChI=1S/C12H25/c1-6-11(5)9-12(7-2)8-10(3)4/h10-12H,3,6-9H2,1-2,4-5H3. The van der Waals surface area contributed by atoms with Gasteiger partial charge in [-0.15, -0.1) is 0 Å². The molecule has 0 fully saturated rings. The van der Waals surface area contributed by atoms with E-state index in [2.05, 4.69) is 34.6 Å². The van der Waals surface area contributed by atoms with Gasteiger partial charge in [-0.2, -0.15) is 0 Å². The van der Waals surface area contributed by atoms with Crippen LogP contribution in [0.5, 0.6) is 0 Å². The average Bonchev–Trinajstić information content (AvgIpc) is 2.02. The van der Waals surface area contributed by atoms with E-state index in [4.69, 9.17) is 0 Å². The molecule has 0 aromatic carbocycles. The van der Waals surface area contributed by atoms with Crippen LogP contribution in [0.25, 0.3) is 0 Å². The van der Waals surface area contributed by atoms with E-state index in [1.165, 1.54) is 25.7 Å². The summed E-state index contributed by atoms with van der Waals surface area (Å²) in [5.74, 6) is 2.43. The van der Waals surface area contributed by atoms with E-state index in [-0.39, 0.29) is 0 Å². The van der Waals surface area contributed by atoms with E-state index in [0.29, 0.717) is 5.92 Å². The summed E-state index contributed by atoms with van der Waals surface area (Å²) in [6.45, 7) is 13.2. The highest BCUT2D eigenvalue weighted by molar-refractivity contribution is 4.66. The van der Waals surface area contributed by atoms with Gasteiger partial charge in [0.2, 0.25) is 0 Å². The molecule has 0 heteroatoms. The lowest BCUT2D eigenvalue weighted by molar-refractivity contribution is 0.329. The normalized spacial score (nSPS) is 16.5. The Hall–Kier alpha value is 0. The summed E-state index contributed by atoms with van der Waals surface area (Å²) in [6, 6.07) is 0. The zero-order chi connectivity index (χ0) is 9.56. The van der Waals surface area contributed by atoms with Crippen LogP contribution >= 0.6 is 0 Å². The summed E-state index contributed by atoms with van der Waals surface area (Å²) in [5.41, 5.74) is 0. The molecule has 0 aromatic heterocycles. The second-order valence-electron chi connectivity index (χ2n) is 4.36. The van der Waals surface area contributed by atoms with Crippen LogP contribution in [0.4, 0.5) is 0 Å². The van der Waals surface area contributed by atoms with Crippen molar-refractivity contribution in [3.8, 4) is 0 Å². The third kappa shape index (κ3) is 5.62. The fourth-order valence-corrected chi connectivity index (χ4v) is 1.73. The van der Waals surface area contributed by atoms with Gasteiger partial charge >= 0.3 is 0 Å². The molecular weight excluding hydrogens is 144 g/mol. The highest BCUT2D eigenvalue weighted by atomic mass is 14.2. The van der Waals surface area contributed by atoms with Crippen LogP contribution in [-0.4, -0.2) is 0 Å².